The highest BCUT2D eigenvalue weighted by Crippen LogP contribution is 2.37. The fourth-order valence-electron chi connectivity index (χ4n) is 4.71. The van der Waals surface area contributed by atoms with Crippen molar-refractivity contribution in [3.8, 4) is 0 Å². The molecule has 2 aromatic rings. The van der Waals surface area contributed by atoms with Crippen LogP contribution in [-0.4, -0.2) is 34.0 Å². The summed E-state index contributed by atoms with van der Waals surface area (Å²) in [7, 11) is 0. The van der Waals surface area contributed by atoms with Crippen LogP contribution in [0.2, 0.25) is 0 Å². The van der Waals surface area contributed by atoms with Gasteiger partial charge in [-0.05, 0) is 60.6 Å². The molecule has 0 aliphatic carbocycles. The van der Waals surface area contributed by atoms with Crippen molar-refractivity contribution in [3.63, 3.8) is 0 Å². The molecule has 3 atom stereocenters. The van der Waals surface area contributed by atoms with Gasteiger partial charge in [0.2, 0.25) is 0 Å². The van der Waals surface area contributed by atoms with Crippen molar-refractivity contribution in [1.82, 2.24) is 0 Å². The van der Waals surface area contributed by atoms with E-state index in [1.165, 1.54) is 0 Å². The van der Waals surface area contributed by atoms with E-state index >= 15 is 0 Å². The topological polar surface area (TPSA) is 77.8 Å². The van der Waals surface area contributed by atoms with Crippen molar-refractivity contribution in [3.05, 3.63) is 83.9 Å². The van der Waals surface area contributed by atoms with E-state index in [0.717, 1.165) is 42.4 Å². The van der Waals surface area contributed by atoms with Gasteiger partial charge in [-0.2, -0.15) is 0 Å². The zero-order valence-corrected chi connectivity index (χ0v) is 20.2. The maximum absolute atomic E-state index is 11.2. The average molecular weight is 453 g/mol. The summed E-state index contributed by atoms with van der Waals surface area (Å²) in [5.41, 5.74) is 2.54. The molecule has 0 fully saturated rings. The van der Waals surface area contributed by atoms with E-state index in [-0.39, 0.29) is 23.9 Å². The second kappa shape index (κ2) is 12.7. The van der Waals surface area contributed by atoms with Crippen molar-refractivity contribution in [2.75, 3.05) is 6.61 Å². The Labute approximate surface area is 199 Å². The van der Waals surface area contributed by atoms with Crippen molar-refractivity contribution >= 4 is 5.97 Å². The number of benzene rings is 2. The lowest BCUT2D eigenvalue weighted by molar-refractivity contribution is -0.137. The summed E-state index contributed by atoms with van der Waals surface area (Å²) in [6.07, 6.45) is 5.04. The van der Waals surface area contributed by atoms with Crippen LogP contribution in [0.15, 0.2) is 72.8 Å². The number of hydrogen-bond acceptors (Lipinski definition) is 3. The first-order valence-electron chi connectivity index (χ1n) is 12.0. The molecular weight excluding hydrogens is 412 g/mol. The Kier molecular flexibility index (Phi) is 10.3. The van der Waals surface area contributed by atoms with Crippen LogP contribution in [0, 0.1) is 0 Å². The summed E-state index contributed by atoms with van der Waals surface area (Å²) >= 11 is 0. The Morgan fingerprint density at radius 1 is 0.879 bits per heavy atom. The second-order valence-electron chi connectivity index (χ2n) is 9.72. The van der Waals surface area contributed by atoms with Gasteiger partial charge in [0, 0.05) is 11.8 Å². The summed E-state index contributed by atoms with van der Waals surface area (Å²) < 4.78 is 0. The maximum Gasteiger partial charge on any atom is 0.303 e. The van der Waals surface area contributed by atoms with Gasteiger partial charge in [0.1, 0.15) is 0 Å². The van der Waals surface area contributed by atoms with Crippen molar-refractivity contribution in [2.45, 2.75) is 82.1 Å². The zero-order valence-electron chi connectivity index (χ0n) is 20.2. The zero-order chi connectivity index (χ0) is 24.3. The van der Waals surface area contributed by atoms with Crippen LogP contribution >= 0.6 is 0 Å². The molecular formula is C29H40O4. The number of aliphatic carboxylic acids is 1. The normalized spacial score (nSPS) is 15.9. The fourth-order valence-corrected chi connectivity index (χ4v) is 4.71. The van der Waals surface area contributed by atoms with E-state index in [2.05, 4.69) is 44.7 Å². The third kappa shape index (κ3) is 7.83. The van der Waals surface area contributed by atoms with Crippen LogP contribution in [-0.2, 0) is 15.6 Å². The maximum atomic E-state index is 11.2. The predicted molar refractivity (Wildman–Crippen MR) is 134 cm³/mol. The van der Waals surface area contributed by atoms with Crippen LogP contribution in [0.5, 0.6) is 0 Å². The molecule has 0 aliphatic rings. The van der Waals surface area contributed by atoms with Crippen molar-refractivity contribution in [1.29, 1.82) is 0 Å². The number of rotatable bonds is 15. The van der Waals surface area contributed by atoms with Crippen LogP contribution < -0.4 is 0 Å². The molecule has 0 aliphatic heterocycles. The Hall–Kier alpha value is -2.43. The highest BCUT2D eigenvalue weighted by molar-refractivity contribution is 5.66. The minimum absolute atomic E-state index is 0.0532. The first kappa shape index (κ1) is 26.8. The third-order valence-electron chi connectivity index (χ3n) is 7.22. The van der Waals surface area contributed by atoms with Gasteiger partial charge >= 0.3 is 5.97 Å². The number of carboxylic acids is 1. The third-order valence-corrected chi connectivity index (χ3v) is 7.22. The SMILES string of the molecule is C=C(CO)C(C)(CCCC(O)CCCC(C)(CCC(=O)O)c1ccccc1)c1ccccc1. The monoisotopic (exact) mass is 452 g/mol. The van der Waals surface area contributed by atoms with E-state index < -0.39 is 12.1 Å². The van der Waals surface area contributed by atoms with E-state index in [0.29, 0.717) is 19.3 Å². The molecule has 0 heterocycles. The highest BCUT2D eigenvalue weighted by Gasteiger charge is 2.30. The summed E-state index contributed by atoms with van der Waals surface area (Å²) in [6.45, 7) is 8.29. The minimum Gasteiger partial charge on any atom is -0.481 e. The Morgan fingerprint density at radius 2 is 1.39 bits per heavy atom. The molecule has 3 unspecified atom stereocenters. The van der Waals surface area contributed by atoms with Gasteiger partial charge in [-0.3, -0.25) is 4.79 Å². The lowest BCUT2D eigenvalue weighted by Gasteiger charge is -2.32. The molecule has 180 valence electrons. The summed E-state index contributed by atoms with van der Waals surface area (Å²) in [5, 5.41) is 29.5. The second-order valence-corrected chi connectivity index (χ2v) is 9.72. The average Bonchev–Trinajstić information content (AvgIpc) is 2.83. The first-order chi connectivity index (χ1) is 15.7. The molecule has 4 nitrogen and oxygen atoms in total. The van der Waals surface area contributed by atoms with Crippen LogP contribution in [0.4, 0.5) is 0 Å². The molecule has 0 amide bonds. The molecule has 0 aromatic heterocycles. The number of aliphatic hydroxyl groups is 2. The highest BCUT2D eigenvalue weighted by atomic mass is 16.4. The number of carbonyl (C=O) groups is 1. The Balaban J connectivity index is 1.90. The lowest BCUT2D eigenvalue weighted by atomic mass is 9.72. The van der Waals surface area contributed by atoms with E-state index in [1.807, 2.05) is 36.4 Å². The van der Waals surface area contributed by atoms with E-state index in [1.54, 1.807) is 0 Å². The molecule has 4 heteroatoms. The smallest absolute Gasteiger partial charge is 0.303 e. The van der Waals surface area contributed by atoms with Gasteiger partial charge in [-0.25, -0.2) is 0 Å². The number of aliphatic hydroxyl groups excluding tert-OH is 2. The molecule has 2 aromatic carbocycles. The fraction of sp³-hybridized carbons (Fsp3) is 0.483. The lowest BCUT2D eigenvalue weighted by Crippen LogP contribution is -2.27. The van der Waals surface area contributed by atoms with Gasteiger partial charge in [0.05, 0.1) is 12.7 Å². The van der Waals surface area contributed by atoms with Crippen molar-refractivity contribution < 1.29 is 20.1 Å². The molecule has 0 spiro atoms. The molecule has 3 N–H and O–H groups in total. The summed E-state index contributed by atoms with van der Waals surface area (Å²) in [4.78, 5) is 11.2. The van der Waals surface area contributed by atoms with E-state index in [4.69, 9.17) is 0 Å². The van der Waals surface area contributed by atoms with Gasteiger partial charge in [-0.15, -0.1) is 0 Å². The van der Waals surface area contributed by atoms with Gasteiger partial charge in [0.25, 0.3) is 0 Å². The largest absolute Gasteiger partial charge is 0.481 e. The van der Waals surface area contributed by atoms with Gasteiger partial charge in [0.15, 0.2) is 0 Å². The van der Waals surface area contributed by atoms with Crippen molar-refractivity contribution in [2.24, 2.45) is 0 Å². The van der Waals surface area contributed by atoms with Crippen LogP contribution in [0.1, 0.15) is 76.3 Å². The van der Waals surface area contributed by atoms with Gasteiger partial charge in [-0.1, -0.05) is 87.5 Å². The van der Waals surface area contributed by atoms with E-state index in [9.17, 15) is 20.1 Å². The molecule has 33 heavy (non-hydrogen) atoms. The Bertz CT molecular complexity index is 864. The van der Waals surface area contributed by atoms with Crippen LogP contribution in [0.25, 0.3) is 0 Å². The molecule has 0 saturated carbocycles. The summed E-state index contributed by atoms with van der Waals surface area (Å²) in [5.74, 6) is -0.775. The van der Waals surface area contributed by atoms with Gasteiger partial charge < -0.3 is 15.3 Å². The number of carboxylic acid groups (broad SMARTS) is 1. The quantitative estimate of drug-likeness (QED) is 0.289. The Morgan fingerprint density at radius 3 is 1.91 bits per heavy atom. The molecule has 0 radical (unpaired) electrons. The van der Waals surface area contributed by atoms with Crippen LogP contribution in [0.3, 0.4) is 0 Å². The molecule has 2 rings (SSSR count). The summed E-state index contributed by atoms with van der Waals surface area (Å²) in [6, 6.07) is 20.2. The minimum atomic E-state index is -0.775. The predicted octanol–water partition coefficient (Wildman–Crippen LogP) is 6.02. The standard InChI is InChI=1S/C29H40O4/c1-23(22-30)29(3,25-14-8-5-9-15-25)20-11-17-26(31)16-10-19-28(2,21-18-27(32)33)24-12-6-4-7-13-24/h4-9,12-15,26,30-31H,1,10-11,16-22H2,2-3H3,(H,32,33). The molecule has 0 bridgehead atoms. The molecule has 0 saturated heterocycles. The first-order valence-corrected chi connectivity index (χ1v) is 12.0. The number of hydrogen-bond donors (Lipinski definition) is 3.